The molecule has 1 aromatic carbocycles. The summed E-state index contributed by atoms with van der Waals surface area (Å²) < 4.78 is 0. The molecule has 0 saturated heterocycles. The van der Waals surface area contributed by atoms with Crippen LogP contribution in [0.1, 0.15) is 27.2 Å². The fourth-order valence-corrected chi connectivity index (χ4v) is 1.72. The van der Waals surface area contributed by atoms with Crippen LogP contribution in [0.5, 0.6) is 0 Å². The van der Waals surface area contributed by atoms with Crippen LogP contribution in [0.4, 0.5) is 11.4 Å². The molecule has 2 rings (SSSR count). The maximum Gasteiger partial charge on any atom is 0.0315 e. The van der Waals surface area contributed by atoms with Gasteiger partial charge in [-0.15, -0.1) is 0 Å². The van der Waals surface area contributed by atoms with Gasteiger partial charge in [-0.3, -0.25) is 0 Å². The number of hydrogen-bond acceptors (Lipinski definition) is 3. The highest BCUT2D eigenvalue weighted by molar-refractivity contribution is 5.47. The largest absolute Gasteiger partial charge is 0.399 e. The molecular weight excluding hydrogens is 366 g/mol. The molecule has 0 amide bonds. The molecule has 0 spiro atoms. The van der Waals surface area contributed by atoms with Crippen LogP contribution in [0.3, 0.4) is 0 Å². The Hall–Kier alpha value is -3.30. The van der Waals surface area contributed by atoms with Crippen LogP contribution in [0, 0.1) is 0 Å². The molecule has 0 radical (unpaired) electrons. The highest BCUT2D eigenvalue weighted by atomic mass is 14.6. The molecule has 6 N–H and O–H groups in total. The lowest BCUT2D eigenvalue weighted by Crippen LogP contribution is -1.91. The third-order valence-electron chi connectivity index (χ3n) is 3.28. The van der Waals surface area contributed by atoms with Gasteiger partial charge in [0.2, 0.25) is 0 Å². The minimum absolute atomic E-state index is 0.611. The molecule has 1 aromatic rings. The van der Waals surface area contributed by atoms with E-state index in [1.54, 1.807) is 24.3 Å². The second kappa shape index (κ2) is 22.0. The smallest absolute Gasteiger partial charge is 0.0315 e. The van der Waals surface area contributed by atoms with Gasteiger partial charge in [0.1, 0.15) is 0 Å². The lowest BCUT2D eigenvalue weighted by atomic mass is 10.1. The molecule has 3 heteroatoms. The molecule has 1 aliphatic carbocycles. The molecule has 0 bridgehead atoms. The zero-order chi connectivity index (χ0) is 23.0. The van der Waals surface area contributed by atoms with Gasteiger partial charge < -0.3 is 17.2 Å². The van der Waals surface area contributed by atoms with Crippen molar-refractivity contribution in [2.24, 2.45) is 5.73 Å². The summed E-state index contributed by atoms with van der Waals surface area (Å²) in [6.45, 7) is 14.3. The van der Waals surface area contributed by atoms with Crippen molar-refractivity contribution in [2.45, 2.75) is 27.2 Å². The fourth-order valence-electron chi connectivity index (χ4n) is 1.72. The van der Waals surface area contributed by atoms with E-state index in [0.29, 0.717) is 6.54 Å². The first kappa shape index (κ1) is 28.9. The number of nitrogen functional groups attached to an aromatic ring is 2. The summed E-state index contributed by atoms with van der Waals surface area (Å²) in [5.41, 5.74) is 19.4. The first-order chi connectivity index (χ1) is 14.5. The second-order valence-electron chi connectivity index (χ2n) is 5.72. The normalized spacial score (nSPS) is 16.1. The monoisotopic (exact) mass is 405 g/mol. The van der Waals surface area contributed by atoms with Crippen molar-refractivity contribution >= 4 is 11.4 Å². The molecule has 162 valence electrons. The molecule has 0 aliphatic heterocycles. The maximum absolute atomic E-state index is 5.37. The SMILES string of the molecule is C=C1/C=C\C=C/C/C=C\C1=C.CC.C\C=C/C=C\C=C\CN.Nc1ccc(N)cc1. The van der Waals surface area contributed by atoms with Gasteiger partial charge in [0.05, 0.1) is 0 Å². The first-order valence-electron chi connectivity index (χ1n) is 10.1. The number of nitrogens with two attached hydrogens (primary N) is 3. The van der Waals surface area contributed by atoms with E-state index < -0.39 is 0 Å². The van der Waals surface area contributed by atoms with Crippen molar-refractivity contribution in [1.29, 1.82) is 0 Å². The molecular formula is C27H39N3. The Morgan fingerprint density at radius 3 is 1.87 bits per heavy atom. The molecule has 30 heavy (non-hydrogen) atoms. The lowest BCUT2D eigenvalue weighted by molar-refractivity contribution is 1.25. The van der Waals surface area contributed by atoms with Crippen LogP contribution in [-0.2, 0) is 0 Å². The average Bonchev–Trinajstić information content (AvgIpc) is 2.85. The number of anilines is 2. The van der Waals surface area contributed by atoms with Crippen molar-refractivity contribution in [3.8, 4) is 0 Å². The molecule has 0 aromatic heterocycles. The van der Waals surface area contributed by atoms with Crippen LogP contribution >= 0.6 is 0 Å². The van der Waals surface area contributed by atoms with Crippen molar-refractivity contribution in [3.63, 3.8) is 0 Å². The van der Waals surface area contributed by atoms with Crippen LogP contribution in [0.15, 0.2) is 121 Å². The van der Waals surface area contributed by atoms with Crippen LogP contribution in [-0.4, -0.2) is 6.54 Å². The maximum atomic E-state index is 5.37. The van der Waals surface area contributed by atoms with E-state index >= 15 is 0 Å². The zero-order valence-electron chi connectivity index (χ0n) is 18.8. The van der Waals surface area contributed by atoms with Crippen LogP contribution < -0.4 is 17.2 Å². The Kier molecular flexibility index (Phi) is 21.2. The third-order valence-corrected chi connectivity index (χ3v) is 3.28. The van der Waals surface area contributed by atoms with Gasteiger partial charge in [-0.2, -0.15) is 0 Å². The Morgan fingerprint density at radius 2 is 1.33 bits per heavy atom. The van der Waals surface area contributed by atoms with Gasteiger partial charge in [-0.05, 0) is 48.8 Å². The van der Waals surface area contributed by atoms with Gasteiger partial charge in [-0.25, -0.2) is 0 Å². The molecule has 0 unspecified atom stereocenters. The van der Waals surface area contributed by atoms with Gasteiger partial charge in [0, 0.05) is 17.9 Å². The van der Waals surface area contributed by atoms with E-state index in [9.17, 15) is 0 Å². The molecule has 3 nitrogen and oxygen atoms in total. The Bertz CT molecular complexity index is 722. The summed E-state index contributed by atoms with van der Waals surface area (Å²) in [5, 5.41) is 0. The lowest BCUT2D eigenvalue weighted by Gasteiger charge is -1.95. The second-order valence-corrected chi connectivity index (χ2v) is 5.72. The standard InChI is InChI=1S/C11H12.C8H13N.C6H8N2.C2H6/c1-10-8-6-4-3-5-7-9-11(10)2;1-2-3-4-5-6-7-8-9;7-5-1-2-6(8)4-3-5;1-2/h3-4,6-9H,1-2,5H2;2-7H,8-9H2,1H3;1-4H,7-8H2;1-2H3/b4-3-,8-6-,9-7-;3-2-,5-4-,7-6+;;. The molecule has 1 aliphatic rings. The van der Waals surface area contributed by atoms with Gasteiger partial charge in [0.15, 0.2) is 0 Å². The van der Waals surface area contributed by atoms with Crippen LogP contribution in [0.2, 0.25) is 0 Å². The Labute approximate surface area is 184 Å². The summed E-state index contributed by atoms with van der Waals surface area (Å²) in [6.07, 6.45) is 24.8. The highest BCUT2D eigenvalue weighted by Crippen LogP contribution is 2.10. The number of allylic oxidation sites excluding steroid dienone is 13. The van der Waals surface area contributed by atoms with E-state index in [0.717, 1.165) is 28.9 Å². The highest BCUT2D eigenvalue weighted by Gasteiger charge is 1.90. The molecule has 0 fully saturated rings. The number of rotatable bonds is 3. The summed E-state index contributed by atoms with van der Waals surface area (Å²) in [5.74, 6) is 0. The fraction of sp³-hybridized carbons (Fsp3) is 0.185. The number of hydrogen-bond donors (Lipinski definition) is 3. The van der Waals surface area contributed by atoms with Crippen LogP contribution in [0.25, 0.3) is 0 Å². The van der Waals surface area contributed by atoms with E-state index in [2.05, 4.69) is 25.3 Å². The molecule has 0 saturated carbocycles. The zero-order valence-corrected chi connectivity index (χ0v) is 18.8. The van der Waals surface area contributed by atoms with Crippen molar-refractivity contribution < 1.29 is 0 Å². The topological polar surface area (TPSA) is 78.1 Å². The predicted molar refractivity (Wildman–Crippen MR) is 139 cm³/mol. The Morgan fingerprint density at radius 1 is 0.800 bits per heavy atom. The first-order valence-corrected chi connectivity index (χ1v) is 10.1. The quantitative estimate of drug-likeness (QED) is 0.387. The predicted octanol–water partition coefficient (Wildman–Crippen LogP) is 6.68. The van der Waals surface area contributed by atoms with E-state index in [1.165, 1.54) is 0 Å². The summed E-state index contributed by atoms with van der Waals surface area (Å²) in [4.78, 5) is 0. The minimum Gasteiger partial charge on any atom is -0.399 e. The average molecular weight is 406 g/mol. The third kappa shape index (κ3) is 19.5. The summed E-state index contributed by atoms with van der Waals surface area (Å²) in [6, 6.07) is 7.09. The van der Waals surface area contributed by atoms with Crippen molar-refractivity contribution in [2.75, 3.05) is 18.0 Å². The molecule has 0 atom stereocenters. The van der Waals surface area contributed by atoms with Crippen molar-refractivity contribution in [3.05, 3.63) is 121 Å². The van der Waals surface area contributed by atoms with Gasteiger partial charge in [-0.1, -0.05) is 99.9 Å². The van der Waals surface area contributed by atoms with Gasteiger partial charge in [0.25, 0.3) is 0 Å². The van der Waals surface area contributed by atoms with E-state index in [4.69, 9.17) is 17.2 Å². The number of benzene rings is 1. The summed E-state index contributed by atoms with van der Waals surface area (Å²) >= 11 is 0. The van der Waals surface area contributed by atoms with E-state index in [-0.39, 0.29) is 0 Å². The van der Waals surface area contributed by atoms with Crippen molar-refractivity contribution in [1.82, 2.24) is 0 Å². The summed E-state index contributed by atoms with van der Waals surface area (Å²) in [7, 11) is 0. The minimum atomic E-state index is 0.611. The van der Waals surface area contributed by atoms with E-state index in [1.807, 2.05) is 81.5 Å². The van der Waals surface area contributed by atoms with Gasteiger partial charge >= 0.3 is 0 Å². The Balaban J connectivity index is 0. The molecule has 0 heterocycles.